The van der Waals surface area contributed by atoms with Gasteiger partial charge in [-0.05, 0) is 66.9 Å². The Hall–Kier alpha value is -3.14. The number of hydrogen-bond donors (Lipinski definition) is 2. The van der Waals surface area contributed by atoms with Crippen molar-refractivity contribution in [3.05, 3.63) is 87.2 Å². The van der Waals surface area contributed by atoms with Gasteiger partial charge in [-0.25, -0.2) is 12.8 Å². The minimum atomic E-state index is -4.41. The van der Waals surface area contributed by atoms with Gasteiger partial charge in [0.15, 0.2) is 0 Å². The van der Waals surface area contributed by atoms with Gasteiger partial charge in [-0.2, -0.15) is 0 Å². The van der Waals surface area contributed by atoms with Gasteiger partial charge in [-0.1, -0.05) is 35.3 Å². The Morgan fingerprint density at radius 2 is 1.83 bits per heavy atom. The molecule has 0 aliphatic carbocycles. The molecule has 11 heteroatoms. The number of carbonyl (C=O) groups is 2. The molecule has 4 rings (SSSR count). The average Bonchev–Trinajstić information content (AvgIpc) is 2.80. The third kappa shape index (κ3) is 5.18. The molecule has 3 aromatic carbocycles. The highest BCUT2D eigenvalue weighted by atomic mass is 35.5. The third-order valence-corrected chi connectivity index (χ3v) is 8.40. The van der Waals surface area contributed by atoms with Gasteiger partial charge in [-0.3, -0.25) is 13.9 Å². The van der Waals surface area contributed by atoms with Crippen LogP contribution in [0.2, 0.25) is 10.0 Å². The van der Waals surface area contributed by atoms with Crippen molar-refractivity contribution < 1.29 is 22.4 Å². The second kappa shape index (κ2) is 10.1. The number of nitrogens with zero attached hydrogens (tertiary/aromatic N) is 1. The van der Waals surface area contributed by atoms with Gasteiger partial charge in [0.25, 0.3) is 10.0 Å². The Morgan fingerprint density at radius 1 is 1.08 bits per heavy atom. The molecule has 0 saturated heterocycles. The molecule has 188 valence electrons. The summed E-state index contributed by atoms with van der Waals surface area (Å²) in [5.41, 5.74) is 1.63. The van der Waals surface area contributed by atoms with Crippen LogP contribution in [0.4, 0.5) is 15.8 Å². The van der Waals surface area contributed by atoms with Gasteiger partial charge in [0.05, 0.1) is 22.7 Å². The van der Waals surface area contributed by atoms with E-state index < -0.39 is 40.1 Å². The van der Waals surface area contributed by atoms with E-state index >= 15 is 0 Å². The average molecular weight is 550 g/mol. The maximum Gasteiger partial charge on any atom is 0.265 e. The summed E-state index contributed by atoms with van der Waals surface area (Å²) in [6, 6.07) is 11.7. The number of amides is 2. The van der Waals surface area contributed by atoms with E-state index in [1.807, 2.05) is 0 Å². The van der Waals surface area contributed by atoms with Crippen LogP contribution >= 0.6 is 23.2 Å². The van der Waals surface area contributed by atoms with Gasteiger partial charge in [-0.15, -0.1) is 0 Å². The minimum absolute atomic E-state index is 0.0748. The van der Waals surface area contributed by atoms with Gasteiger partial charge < -0.3 is 10.6 Å². The van der Waals surface area contributed by atoms with Crippen molar-refractivity contribution in [1.82, 2.24) is 5.32 Å². The first-order chi connectivity index (χ1) is 17.0. The lowest BCUT2D eigenvalue weighted by Crippen LogP contribution is -2.52. The molecule has 36 heavy (non-hydrogen) atoms. The van der Waals surface area contributed by atoms with Gasteiger partial charge >= 0.3 is 0 Å². The molecular formula is C25H22Cl2FN3O4S. The molecule has 1 unspecified atom stereocenters. The number of fused-ring (bicyclic) bond motifs is 1. The summed E-state index contributed by atoms with van der Waals surface area (Å²) in [6.07, 6.45) is -0.493. The van der Waals surface area contributed by atoms with Crippen LogP contribution in [0, 0.1) is 19.7 Å². The molecule has 1 atom stereocenters. The number of anilines is 2. The molecule has 0 fully saturated rings. The SMILES string of the molecule is Cc1cc(S(=O)(=O)N2c3cc(F)ccc3NC(=O)C2CC(=O)NCc2cccc(Cl)c2)c(C)cc1Cl. The molecule has 0 radical (unpaired) electrons. The highest BCUT2D eigenvalue weighted by Gasteiger charge is 2.42. The number of aryl methyl sites for hydroxylation is 2. The standard InChI is InChI=1S/C25H22Cl2FN3O4S/c1-14-9-23(15(2)8-19(14)27)36(34,35)31-21-11-18(28)6-7-20(21)30-25(33)22(31)12-24(32)29-13-16-4-3-5-17(26)10-16/h3-11,22H,12-13H2,1-2H3,(H,29,32)(H,30,33). The Labute approximate surface area is 218 Å². The summed E-state index contributed by atoms with van der Waals surface area (Å²) in [5, 5.41) is 6.14. The number of benzene rings is 3. The second-order valence-electron chi connectivity index (χ2n) is 8.45. The molecule has 0 saturated carbocycles. The molecule has 0 spiro atoms. The summed E-state index contributed by atoms with van der Waals surface area (Å²) < 4.78 is 42.9. The van der Waals surface area contributed by atoms with E-state index in [2.05, 4.69) is 10.6 Å². The summed E-state index contributed by atoms with van der Waals surface area (Å²) >= 11 is 12.1. The Bertz CT molecular complexity index is 1480. The number of hydrogen-bond acceptors (Lipinski definition) is 4. The van der Waals surface area contributed by atoms with E-state index in [1.54, 1.807) is 38.1 Å². The van der Waals surface area contributed by atoms with Crippen LogP contribution in [-0.2, 0) is 26.2 Å². The molecule has 1 heterocycles. The van der Waals surface area contributed by atoms with E-state index in [9.17, 15) is 22.4 Å². The van der Waals surface area contributed by atoms with Crippen LogP contribution in [0.15, 0.2) is 59.5 Å². The van der Waals surface area contributed by atoms with Gasteiger partial charge in [0.2, 0.25) is 11.8 Å². The van der Waals surface area contributed by atoms with Crippen molar-refractivity contribution in [1.29, 1.82) is 0 Å². The fourth-order valence-corrected chi connectivity index (χ4v) is 6.34. The monoisotopic (exact) mass is 549 g/mol. The highest BCUT2D eigenvalue weighted by Crippen LogP contribution is 2.39. The lowest BCUT2D eigenvalue weighted by molar-refractivity contribution is -0.125. The Balaban J connectivity index is 1.72. The third-order valence-electron chi connectivity index (χ3n) is 5.79. The summed E-state index contributed by atoms with van der Waals surface area (Å²) in [7, 11) is -4.41. The van der Waals surface area contributed by atoms with Crippen LogP contribution < -0.4 is 14.9 Å². The second-order valence-corrected chi connectivity index (χ2v) is 11.1. The molecule has 2 N–H and O–H groups in total. The van der Waals surface area contributed by atoms with Crippen molar-refractivity contribution in [2.45, 2.75) is 37.8 Å². The van der Waals surface area contributed by atoms with Crippen LogP contribution in [0.5, 0.6) is 0 Å². The van der Waals surface area contributed by atoms with E-state index in [-0.39, 0.29) is 22.8 Å². The molecular weight excluding hydrogens is 528 g/mol. The maximum atomic E-state index is 14.2. The predicted molar refractivity (Wildman–Crippen MR) is 137 cm³/mol. The maximum absolute atomic E-state index is 14.2. The summed E-state index contributed by atoms with van der Waals surface area (Å²) in [5.74, 6) is -1.98. The van der Waals surface area contributed by atoms with Crippen LogP contribution in [0.3, 0.4) is 0 Å². The van der Waals surface area contributed by atoms with E-state index in [4.69, 9.17) is 23.2 Å². The van der Waals surface area contributed by atoms with E-state index in [0.717, 1.165) is 22.0 Å². The van der Waals surface area contributed by atoms with Crippen molar-refractivity contribution >= 4 is 56.4 Å². The van der Waals surface area contributed by atoms with Gasteiger partial charge in [0, 0.05) is 22.7 Å². The van der Waals surface area contributed by atoms with Crippen LogP contribution in [0.1, 0.15) is 23.1 Å². The molecule has 3 aromatic rings. The molecule has 1 aliphatic rings. The summed E-state index contributed by atoms with van der Waals surface area (Å²) in [6.45, 7) is 3.35. The van der Waals surface area contributed by atoms with Crippen molar-refractivity contribution in [3.8, 4) is 0 Å². The smallest absolute Gasteiger partial charge is 0.265 e. The quantitative estimate of drug-likeness (QED) is 0.453. The van der Waals surface area contributed by atoms with Crippen molar-refractivity contribution in [2.75, 3.05) is 9.62 Å². The van der Waals surface area contributed by atoms with E-state index in [0.29, 0.717) is 21.2 Å². The van der Waals surface area contributed by atoms with Crippen LogP contribution in [0.25, 0.3) is 0 Å². The minimum Gasteiger partial charge on any atom is -0.352 e. The number of nitrogens with one attached hydrogen (secondary N) is 2. The fourth-order valence-electron chi connectivity index (χ4n) is 3.99. The number of halogens is 3. The molecule has 7 nitrogen and oxygen atoms in total. The topological polar surface area (TPSA) is 95.6 Å². The van der Waals surface area contributed by atoms with Crippen molar-refractivity contribution in [2.24, 2.45) is 0 Å². The molecule has 0 bridgehead atoms. The molecule has 1 aliphatic heterocycles. The lowest BCUT2D eigenvalue weighted by Gasteiger charge is -2.37. The largest absolute Gasteiger partial charge is 0.352 e. The van der Waals surface area contributed by atoms with Gasteiger partial charge in [0.1, 0.15) is 11.9 Å². The molecule has 0 aromatic heterocycles. The Kier molecular flexibility index (Phi) is 7.26. The predicted octanol–water partition coefficient (Wildman–Crippen LogP) is 4.97. The Morgan fingerprint density at radius 3 is 2.56 bits per heavy atom. The zero-order chi connectivity index (χ0) is 26.2. The fraction of sp³-hybridized carbons (Fsp3) is 0.200. The number of rotatable bonds is 6. The first-order valence-electron chi connectivity index (χ1n) is 10.9. The summed E-state index contributed by atoms with van der Waals surface area (Å²) in [4.78, 5) is 25.8. The number of carbonyl (C=O) groups excluding carboxylic acids is 2. The van der Waals surface area contributed by atoms with Crippen molar-refractivity contribution in [3.63, 3.8) is 0 Å². The zero-order valence-electron chi connectivity index (χ0n) is 19.3. The van der Waals surface area contributed by atoms with Crippen LogP contribution in [-0.4, -0.2) is 26.3 Å². The molecule has 2 amide bonds. The zero-order valence-corrected chi connectivity index (χ0v) is 21.6. The normalized spacial score (nSPS) is 15.3. The number of sulfonamides is 1. The first-order valence-corrected chi connectivity index (χ1v) is 13.1. The first kappa shape index (κ1) is 25.9. The lowest BCUT2D eigenvalue weighted by atomic mass is 10.1. The highest BCUT2D eigenvalue weighted by molar-refractivity contribution is 7.93. The van der Waals surface area contributed by atoms with E-state index in [1.165, 1.54) is 18.2 Å².